The van der Waals surface area contributed by atoms with Crippen LogP contribution in [0.2, 0.25) is 0 Å². The smallest absolute Gasteiger partial charge is 0.202 e. The van der Waals surface area contributed by atoms with E-state index in [1.54, 1.807) is 7.11 Å². The molecule has 0 aliphatic rings. The van der Waals surface area contributed by atoms with E-state index in [1.807, 2.05) is 6.07 Å². The second-order valence-corrected chi connectivity index (χ2v) is 6.03. The number of ether oxygens (including phenoxy) is 1. The summed E-state index contributed by atoms with van der Waals surface area (Å²) in [5.41, 5.74) is 2.32. The maximum absolute atomic E-state index is 5.40. The van der Waals surface area contributed by atoms with Crippen LogP contribution in [-0.4, -0.2) is 16.5 Å². The predicted octanol–water partition coefficient (Wildman–Crippen LogP) is 3.67. The van der Waals surface area contributed by atoms with Crippen LogP contribution in [0.1, 0.15) is 30.8 Å². The van der Waals surface area contributed by atoms with Gasteiger partial charge in [-0.25, -0.2) is 4.98 Å². The Bertz CT molecular complexity index is 566. The fourth-order valence-corrected chi connectivity index (χ4v) is 2.53. The first-order valence-corrected chi connectivity index (χ1v) is 7.55. The van der Waals surface area contributed by atoms with Gasteiger partial charge < -0.3 is 10.1 Å². The van der Waals surface area contributed by atoms with Crippen molar-refractivity contribution < 1.29 is 4.74 Å². The van der Waals surface area contributed by atoms with Crippen LogP contribution in [0.3, 0.4) is 0 Å². The highest BCUT2D eigenvalue weighted by Gasteiger charge is 2.07. The lowest BCUT2D eigenvalue weighted by Gasteiger charge is -2.09. The van der Waals surface area contributed by atoms with Crippen LogP contribution in [0.15, 0.2) is 18.2 Å². The van der Waals surface area contributed by atoms with Crippen LogP contribution in [0.25, 0.3) is 0 Å². The molecule has 1 N–H and O–H groups in total. The fraction of sp³-hybridized carbons (Fsp3) is 0.467. The number of methoxy groups -OCH3 is 1. The molecular formula is C15H21N3OS. The monoisotopic (exact) mass is 291 g/mol. The van der Waals surface area contributed by atoms with Crippen molar-refractivity contribution >= 4 is 16.7 Å². The third kappa shape index (κ3) is 3.93. The SMILES string of the molecule is COc1cc(C)ccc1CNc1nc(CC(C)C)ns1. The number of hydrogen-bond acceptors (Lipinski definition) is 5. The van der Waals surface area contributed by atoms with Crippen LogP contribution in [0.4, 0.5) is 5.13 Å². The molecule has 108 valence electrons. The van der Waals surface area contributed by atoms with Crippen LogP contribution in [0, 0.1) is 12.8 Å². The van der Waals surface area contributed by atoms with Crippen molar-refractivity contribution in [1.29, 1.82) is 0 Å². The van der Waals surface area contributed by atoms with Crippen molar-refractivity contribution in [3.05, 3.63) is 35.2 Å². The molecular weight excluding hydrogens is 270 g/mol. The van der Waals surface area contributed by atoms with Crippen molar-refractivity contribution in [2.75, 3.05) is 12.4 Å². The van der Waals surface area contributed by atoms with Gasteiger partial charge in [-0.1, -0.05) is 26.0 Å². The molecule has 2 rings (SSSR count). The van der Waals surface area contributed by atoms with Crippen LogP contribution >= 0.6 is 11.5 Å². The minimum Gasteiger partial charge on any atom is -0.496 e. The molecule has 1 aromatic heterocycles. The molecule has 0 radical (unpaired) electrons. The lowest BCUT2D eigenvalue weighted by Crippen LogP contribution is -2.02. The number of aromatic nitrogens is 2. The van der Waals surface area contributed by atoms with E-state index in [2.05, 4.69) is 47.6 Å². The van der Waals surface area contributed by atoms with E-state index < -0.39 is 0 Å². The quantitative estimate of drug-likeness (QED) is 0.882. The lowest BCUT2D eigenvalue weighted by atomic mass is 10.1. The van der Waals surface area contributed by atoms with Crippen molar-refractivity contribution in [1.82, 2.24) is 9.36 Å². The first-order valence-electron chi connectivity index (χ1n) is 6.78. The van der Waals surface area contributed by atoms with E-state index in [4.69, 9.17) is 4.74 Å². The van der Waals surface area contributed by atoms with Gasteiger partial charge in [0, 0.05) is 30.1 Å². The van der Waals surface area contributed by atoms with Crippen molar-refractivity contribution in [3.8, 4) is 5.75 Å². The molecule has 0 fully saturated rings. The summed E-state index contributed by atoms with van der Waals surface area (Å²) in [6.07, 6.45) is 0.923. The van der Waals surface area contributed by atoms with Gasteiger partial charge in [-0.2, -0.15) is 4.37 Å². The van der Waals surface area contributed by atoms with Gasteiger partial charge in [0.15, 0.2) is 0 Å². The maximum Gasteiger partial charge on any atom is 0.202 e. The van der Waals surface area contributed by atoms with Gasteiger partial charge in [0.1, 0.15) is 11.6 Å². The van der Waals surface area contributed by atoms with Gasteiger partial charge in [-0.15, -0.1) is 0 Å². The normalized spacial score (nSPS) is 10.8. The molecule has 0 unspecified atom stereocenters. The largest absolute Gasteiger partial charge is 0.496 e. The molecule has 0 bridgehead atoms. The molecule has 0 aliphatic heterocycles. The van der Waals surface area contributed by atoms with E-state index in [9.17, 15) is 0 Å². The Morgan fingerprint density at radius 1 is 1.35 bits per heavy atom. The second kappa shape index (κ2) is 6.70. The standard InChI is InChI=1S/C15H21N3OS/c1-10(2)7-14-17-15(20-18-14)16-9-12-6-5-11(3)8-13(12)19-4/h5-6,8,10H,7,9H2,1-4H3,(H,16,17,18). The Morgan fingerprint density at radius 2 is 2.15 bits per heavy atom. The highest BCUT2D eigenvalue weighted by Crippen LogP contribution is 2.22. The highest BCUT2D eigenvalue weighted by atomic mass is 32.1. The van der Waals surface area contributed by atoms with Gasteiger partial charge >= 0.3 is 0 Å². The number of nitrogens with one attached hydrogen (secondary N) is 1. The van der Waals surface area contributed by atoms with Gasteiger partial charge in [-0.3, -0.25) is 0 Å². The summed E-state index contributed by atoms with van der Waals surface area (Å²) in [5, 5.41) is 4.18. The average Bonchev–Trinajstić information content (AvgIpc) is 2.84. The lowest BCUT2D eigenvalue weighted by molar-refractivity contribution is 0.410. The second-order valence-electron chi connectivity index (χ2n) is 5.28. The predicted molar refractivity (Wildman–Crippen MR) is 83.5 cm³/mol. The molecule has 0 atom stereocenters. The summed E-state index contributed by atoms with van der Waals surface area (Å²) in [6, 6.07) is 6.21. The zero-order valence-corrected chi connectivity index (χ0v) is 13.3. The molecule has 0 saturated carbocycles. The Labute approximate surface area is 124 Å². The summed E-state index contributed by atoms with van der Waals surface area (Å²) in [5.74, 6) is 2.41. The van der Waals surface area contributed by atoms with Crippen LogP contribution in [-0.2, 0) is 13.0 Å². The van der Waals surface area contributed by atoms with Gasteiger partial charge in [0.25, 0.3) is 0 Å². The molecule has 5 heteroatoms. The van der Waals surface area contributed by atoms with Crippen LogP contribution < -0.4 is 10.1 Å². The fourth-order valence-electron chi connectivity index (χ4n) is 1.94. The molecule has 0 amide bonds. The summed E-state index contributed by atoms with van der Waals surface area (Å²) in [7, 11) is 1.70. The van der Waals surface area contributed by atoms with Gasteiger partial charge in [0.2, 0.25) is 5.13 Å². The zero-order chi connectivity index (χ0) is 14.5. The number of hydrogen-bond donors (Lipinski definition) is 1. The first kappa shape index (κ1) is 14.8. The van der Waals surface area contributed by atoms with Crippen LogP contribution in [0.5, 0.6) is 5.75 Å². The number of benzene rings is 1. The maximum atomic E-state index is 5.40. The topological polar surface area (TPSA) is 47.0 Å². The first-order chi connectivity index (χ1) is 9.58. The Hall–Kier alpha value is -1.62. The molecule has 20 heavy (non-hydrogen) atoms. The summed E-state index contributed by atoms with van der Waals surface area (Å²) in [4.78, 5) is 4.49. The summed E-state index contributed by atoms with van der Waals surface area (Å²) < 4.78 is 9.76. The summed E-state index contributed by atoms with van der Waals surface area (Å²) >= 11 is 1.41. The zero-order valence-electron chi connectivity index (χ0n) is 12.4. The third-order valence-corrected chi connectivity index (χ3v) is 3.64. The molecule has 0 aliphatic carbocycles. The molecule has 0 saturated heterocycles. The number of rotatable bonds is 6. The Balaban J connectivity index is 2.00. The molecule has 1 aromatic carbocycles. The molecule has 2 aromatic rings. The number of anilines is 1. The molecule has 0 spiro atoms. The number of aryl methyl sites for hydroxylation is 1. The van der Waals surface area contributed by atoms with E-state index in [-0.39, 0.29) is 0 Å². The van der Waals surface area contributed by atoms with E-state index >= 15 is 0 Å². The highest BCUT2D eigenvalue weighted by molar-refractivity contribution is 7.09. The average molecular weight is 291 g/mol. The van der Waals surface area contributed by atoms with E-state index in [0.29, 0.717) is 12.5 Å². The summed E-state index contributed by atoms with van der Waals surface area (Å²) in [6.45, 7) is 7.10. The third-order valence-electron chi connectivity index (χ3n) is 2.93. The Morgan fingerprint density at radius 3 is 2.85 bits per heavy atom. The molecule has 1 heterocycles. The van der Waals surface area contributed by atoms with E-state index in [0.717, 1.165) is 28.7 Å². The van der Waals surface area contributed by atoms with Crippen molar-refractivity contribution in [2.24, 2.45) is 5.92 Å². The minimum absolute atomic E-state index is 0.578. The van der Waals surface area contributed by atoms with Gasteiger partial charge in [0.05, 0.1) is 7.11 Å². The Kier molecular flexibility index (Phi) is 4.95. The minimum atomic E-state index is 0.578. The van der Waals surface area contributed by atoms with Gasteiger partial charge in [-0.05, 0) is 24.5 Å². The van der Waals surface area contributed by atoms with E-state index in [1.165, 1.54) is 17.1 Å². The number of nitrogens with zero attached hydrogens (tertiary/aromatic N) is 2. The van der Waals surface area contributed by atoms with Crippen molar-refractivity contribution in [2.45, 2.75) is 33.7 Å². The molecule has 4 nitrogen and oxygen atoms in total. The van der Waals surface area contributed by atoms with Crippen molar-refractivity contribution in [3.63, 3.8) is 0 Å².